The van der Waals surface area contributed by atoms with Gasteiger partial charge in [-0.3, -0.25) is 9.69 Å². The zero-order valence-electron chi connectivity index (χ0n) is 22.8. The normalized spacial score (nSPS) is 21.6. The highest BCUT2D eigenvalue weighted by atomic mass is 16.7. The summed E-state index contributed by atoms with van der Waals surface area (Å²) in [5, 5.41) is 23.7. The molecule has 2 saturated heterocycles. The number of hydrogen-bond donors (Lipinski definition) is 1. The molecule has 1 N–H and O–H groups in total. The number of ether oxygens (including phenoxy) is 1. The largest absolute Gasteiger partial charge is 0.493 e. The molecule has 0 bridgehead atoms. The summed E-state index contributed by atoms with van der Waals surface area (Å²) < 4.78 is 6.17. The Kier molecular flexibility index (Phi) is 6.50. The van der Waals surface area contributed by atoms with E-state index in [1.807, 2.05) is 38.1 Å². The van der Waals surface area contributed by atoms with Crippen LogP contribution in [-0.4, -0.2) is 65.1 Å². The maximum absolute atomic E-state index is 11.6. The summed E-state index contributed by atoms with van der Waals surface area (Å²) in [5.74, 6) is 1.61. The summed E-state index contributed by atoms with van der Waals surface area (Å²) in [7, 11) is 0. The smallest absolute Gasteiger partial charge is 0.309 e. The molecule has 2 aromatic rings. The Morgan fingerprint density at radius 1 is 1.23 bits per heavy atom. The van der Waals surface area contributed by atoms with E-state index in [1.165, 1.54) is 24.0 Å². The molecule has 204 valence electrons. The second kappa shape index (κ2) is 9.87. The molecule has 0 aromatic heterocycles. The Labute approximate surface area is 229 Å². The summed E-state index contributed by atoms with van der Waals surface area (Å²) in [6.07, 6.45) is 4.36. The lowest BCUT2D eigenvalue weighted by Gasteiger charge is -2.45. The van der Waals surface area contributed by atoms with Gasteiger partial charge in [0.15, 0.2) is 5.60 Å². The molecule has 3 heterocycles. The molecule has 8 nitrogen and oxygen atoms in total. The lowest BCUT2D eigenvalue weighted by molar-refractivity contribution is -0.150. The standard InChI is InChI=1S/C31H36N4O4/c1-3-38-26-15-21(14-25(22-8-9-22)28(26)24-7-5-4-6-23(24)17-32)18-34-19-31(20-34)16-27(33-39-31)35-12-10-30(2,11-13-35)29(36)37/h4-7,14-15,22H,3,8-13,16,18-20H2,1-2H3,(H,36,37). The fourth-order valence-electron chi connectivity index (χ4n) is 6.31. The number of likely N-dealkylation sites (tertiary alicyclic amines) is 2. The highest BCUT2D eigenvalue weighted by molar-refractivity contribution is 5.85. The van der Waals surface area contributed by atoms with E-state index in [-0.39, 0.29) is 5.60 Å². The van der Waals surface area contributed by atoms with Crippen molar-refractivity contribution in [1.82, 2.24) is 9.80 Å². The van der Waals surface area contributed by atoms with Crippen LogP contribution in [0.5, 0.6) is 5.75 Å². The van der Waals surface area contributed by atoms with Crippen molar-refractivity contribution >= 4 is 11.8 Å². The molecule has 0 atom stereocenters. The molecule has 39 heavy (non-hydrogen) atoms. The lowest BCUT2D eigenvalue weighted by Crippen LogP contribution is -2.61. The number of oxime groups is 1. The number of carbonyl (C=O) groups is 1. The number of hydrogen-bond acceptors (Lipinski definition) is 7. The first kappa shape index (κ1) is 25.7. The van der Waals surface area contributed by atoms with Gasteiger partial charge in [0.05, 0.1) is 30.1 Å². The molecule has 0 unspecified atom stereocenters. The van der Waals surface area contributed by atoms with Gasteiger partial charge in [-0.15, -0.1) is 0 Å². The molecule has 0 radical (unpaired) electrons. The van der Waals surface area contributed by atoms with Crippen molar-refractivity contribution in [3.8, 4) is 22.9 Å². The summed E-state index contributed by atoms with van der Waals surface area (Å²) >= 11 is 0. The van der Waals surface area contributed by atoms with E-state index < -0.39 is 11.4 Å². The Morgan fingerprint density at radius 2 is 1.97 bits per heavy atom. The van der Waals surface area contributed by atoms with Gasteiger partial charge in [0.25, 0.3) is 0 Å². The minimum absolute atomic E-state index is 0.281. The molecular formula is C31H36N4O4. The van der Waals surface area contributed by atoms with Crippen LogP contribution in [-0.2, 0) is 16.2 Å². The highest BCUT2D eigenvalue weighted by Crippen LogP contribution is 2.49. The van der Waals surface area contributed by atoms with Crippen LogP contribution >= 0.6 is 0 Å². The Hall–Kier alpha value is -3.57. The van der Waals surface area contributed by atoms with E-state index in [2.05, 4.69) is 33.2 Å². The van der Waals surface area contributed by atoms with Gasteiger partial charge in [-0.05, 0) is 68.7 Å². The van der Waals surface area contributed by atoms with Gasteiger partial charge < -0.3 is 19.6 Å². The predicted octanol–water partition coefficient (Wildman–Crippen LogP) is 4.98. The summed E-state index contributed by atoms with van der Waals surface area (Å²) in [4.78, 5) is 22.2. The molecule has 4 aliphatic rings. The number of nitrogens with zero attached hydrogens (tertiary/aromatic N) is 4. The second-order valence-electron chi connectivity index (χ2n) is 11.9. The number of amidine groups is 1. The van der Waals surface area contributed by atoms with E-state index in [9.17, 15) is 15.2 Å². The molecular weight excluding hydrogens is 492 g/mol. The summed E-state index contributed by atoms with van der Waals surface area (Å²) in [6, 6.07) is 14.6. The number of aliphatic carboxylic acids is 1. The third-order valence-electron chi connectivity index (χ3n) is 8.83. The monoisotopic (exact) mass is 528 g/mol. The van der Waals surface area contributed by atoms with Crippen LogP contribution in [0.4, 0.5) is 0 Å². The zero-order chi connectivity index (χ0) is 27.2. The van der Waals surface area contributed by atoms with Gasteiger partial charge in [-0.2, -0.15) is 5.26 Å². The van der Waals surface area contributed by atoms with Crippen LogP contribution < -0.4 is 4.74 Å². The first-order valence-corrected chi connectivity index (χ1v) is 14.1. The number of carboxylic acid groups (broad SMARTS) is 1. The average Bonchev–Trinajstić information content (AvgIpc) is 3.67. The maximum atomic E-state index is 11.6. The first-order valence-electron chi connectivity index (χ1n) is 14.1. The number of rotatable bonds is 7. The van der Waals surface area contributed by atoms with Crippen LogP contribution in [0.3, 0.4) is 0 Å². The topological polar surface area (TPSA) is 98.4 Å². The minimum atomic E-state index is -0.711. The van der Waals surface area contributed by atoms with Crippen molar-refractivity contribution in [2.45, 2.75) is 64.0 Å². The lowest BCUT2D eigenvalue weighted by atomic mass is 9.80. The van der Waals surface area contributed by atoms with Crippen molar-refractivity contribution in [1.29, 1.82) is 5.26 Å². The van der Waals surface area contributed by atoms with Crippen molar-refractivity contribution in [2.75, 3.05) is 32.8 Å². The Balaban J connectivity index is 1.14. The SMILES string of the molecule is CCOc1cc(CN2CC3(CC(N4CCC(C)(C(=O)O)CC4)=NO3)C2)cc(C2CC2)c1-c1ccccc1C#N. The third-order valence-corrected chi connectivity index (χ3v) is 8.83. The van der Waals surface area contributed by atoms with Gasteiger partial charge in [-0.25, -0.2) is 0 Å². The van der Waals surface area contributed by atoms with Crippen molar-refractivity contribution in [3.63, 3.8) is 0 Å². The van der Waals surface area contributed by atoms with Crippen LogP contribution in [0.1, 0.15) is 68.6 Å². The van der Waals surface area contributed by atoms with E-state index in [0.29, 0.717) is 44.0 Å². The molecule has 3 aliphatic heterocycles. The van der Waals surface area contributed by atoms with Crippen LogP contribution in [0.25, 0.3) is 11.1 Å². The molecule has 6 rings (SSSR count). The van der Waals surface area contributed by atoms with Gasteiger partial charge in [0.1, 0.15) is 11.6 Å². The summed E-state index contributed by atoms with van der Waals surface area (Å²) in [5.41, 5.74) is 4.27. The number of carboxylic acids is 1. The molecule has 0 amide bonds. The molecule has 3 fully saturated rings. The Morgan fingerprint density at radius 3 is 2.64 bits per heavy atom. The molecule has 1 aliphatic carbocycles. The minimum Gasteiger partial charge on any atom is -0.493 e. The van der Waals surface area contributed by atoms with Crippen molar-refractivity contribution in [2.24, 2.45) is 10.6 Å². The number of nitriles is 1. The van der Waals surface area contributed by atoms with Crippen molar-refractivity contribution < 1.29 is 19.5 Å². The zero-order valence-corrected chi connectivity index (χ0v) is 22.8. The fraction of sp³-hybridized carbons (Fsp3) is 0.516. The van der Waals surface area contributed by atoms with Gasteiger partial charge in [-0.1, -0.05) is 29.4 Å². The first-order chi connectivity index (χ1) is 18.8. The molecule has 2 aromatic carbocycles. The van der Waals surface area contributed by atoms with Gasteiger partial charge in [0.2, 0.25) is 0 Å². The van der Waals surface area contributed by atoms with E-state index in [1.54, 1.807) is 0 Å². The second-order valence-corrected chi connectivity index (χ2v) is 11.9. The van der Waals surface area contributed by atoms with Gasteiger partial charge in [0, 0.05) is 43.9 Å². The van der Waals surface area contributed by atoms with E-state index >= 15 is 0 Å². The fourth-order valence-corrected chi connectivity index (χ4v) is 6.31. The number of benzene rings is 2. The van der Waals surface area contributed by atoms with Crippen LogP contribution in [0, 0.1) is 16.7 Å². The van der Waals surface area contributed by atoms with Gasteiger partial charge >= 0.3 is 5.97 Å². The third kappa shape index (κ3) is 4.85. The highest BCUT2D eigenvalue weighted by Gasteiger charge is 2.51. The van der Waals surface area contributed by atoms with Crippen LogP contribution in [0.2, 0.25) is 0 Å². The maximum Gasteiger partial charge on any atom is 0.309 e. The Bertz CT molecular complexity index is 1340. The van der Waals surface area contributed by atoms with E-state index in [0.717, 1.165) is 48.8 Å². The molecule has 1 saturated carbocycles. The quantitative estimate of drug-likeness (QED) is 0.541. The predicted molar refractivity (Wildman–Crippen MR) is 147 cm³/mol. The molecule has 1 spiro atoms. The molecule has 8 heteroatoms. The van der Waals surface area contributed by atoms with Crippen molar-refractivity contribution in [3.05, 3.63) is 53.1 Å². The number of piperidine rings is 1. The van der Waals surface area contributed by atoms with E-state index in [4.69, 9.17) is 9.57 Å². The van der Waals surface area contributed by atoms with Crippen LogP contribution in [0.15, 0.2) is 41.6 Å². The average molecular weight is 529 g/mol. The summed E-state index contributed by atoms with van der Waals surface area (Å²) in [6.45, 7) is 8.24.